The summed E-state index contributed by atoms with van der Waals surface area (Å²) in [7, 11) is 0. The quantitative estimate of drug-likeness (QED) is 0.510. The van der Waals surface area contributed by atoms with Gasteiger partial charge in [0.2, 0.25) is 5.91 Å². The van der Waals surface area contributed by atoms with Gasteiger partial charge >= 0.3 is 0 Å². The molecule has 0 spiro atoms. The smallest absolute Gasteiger partial charge is 0.260 e. The highest BCUT2D eigenvalue weighted by Gasteiger charge is 2.31. The Morgan fingerprint density at radius 2 is 2.21 bits per heavy atom. The molecule has 1 aliphatic carbocycles. The number of fused-ring (bicyclic) bond motifs is 1. The second-order valence-electron chi connectivity index (χ2n) is 7.70. The van der Waals surface area contributed by atoms with Crippen LogP contribution in [0.15, 0.2) is 39.9 Å². The van der Waals surface area contributed by atoms with E-state index in [1.54, 1.807) is 23.0 Å². The highest BCUT2D eigenvalue weighted by atomic mass is 79.9. The minimum absolute atomic E-state index is 0.0771. The van der Waals surface area contributed by atoms with Crippen molar-refractivity contribution in [2.24, 2.45) is 0 Å². The molecule has 0 saturated heterocycles. The lowest BCUT2D eigenvalue weighted by Crippen LogP contribution is -2.51. The fourth-order valence-electron chi connectivity index (χ4n) is 3.35. The molecular formula is C19H23BrN6O2S. The Morgan fingerprint density at radius 1 is 1.41 bits per heavy atom. The third-order valence-corrected chi connectivity index (χ3v) is 6.94. The molecule has 2 amide bonds. The van der Waals surface area contributed by atoms with E-state index in [1.165, 1.54) is 17.8 Å². The van der Waals surface area contributed by atoms with Crippen molar-refractivity contribution in [3.05, 3.63) is 45.4 Å². The average molecular weight is 479 g/mol. The molecule has 1 fully saturated rings. The number of amides is 2. The second kappa shape index (κ2) is 7.92. The molecule has 4 N–H and O–H groups in total. The van der Waals surface area contributed by atoms with Crippen molar-refractivity contribution in [3.63, 3.8) is 0 Å². The van der Waals surface area contributed by atoms with Crippen molar-refractivity contribution in [1.29, 1.82) is 0 Å². The van der Waals surface area contributed by atoms with E-state index in [1.807, 2.05) is 13.1 Å². The maximum Gasteiger partial charge on any atom is 0.260 e. The molecule has 3 heterocycles. The van der Waals surface area contributed by atoms with Crippen molar-refractivity contribution in [2.45, 2.75) is 44.7 Å². The van der Waals surface area contributed by atoms with Crippen LogP contribution in [-0.2, 0) is 4.79 Å². The van der Waals surface area contributed by atoms with Crippen LogP contribution in [0.4, 0.5) is 0 Å². The van der Waals surface area contributed by atoms with Crippen LogP contribution in [0.3, 0.4) is 0 Å². The summed E-state index contributed by atoms with van der Waals surface area (Å²) in [4.78, 5) is 25.8. The van der Waals surface area contributed by atoms with E-state index < -0.39 is 0 Å². The first kappa shape index (κ1) is 20.1. The fraction of sp³-hybridized carbons (Fsp3) is 0.421. The normalized spacial score (nSPS) is 20.3. The molecule has 4 rings (SSSR count). The Labute approximate surface area is 180 Å². The fourth-order valence-corrected chi connectivity index (χ4v) is 4.79. The van der Waals surface area contributed by atoms with Gasteiger partial charge in [-0.15, -0.1) is 11.3 Å². The number of nitrogens with one attached hydrogen (secondary N) is 4. The molecule has 1 saturated carbocycles. The van der Waals surface area contributed by atoms with Gasteiger partial charge in [-0.1, -0.05) is 0 Å². The lowest BCUT2D eigenvalue weighted by molar-refractivity contribution is -0.120. The second-order valence-corrected chi connectivity index (χ2v) is 10.1. The van der Waals surface area contributed by atoms with Crippen LogP contribution in [0.2, 0.25) is 0 Å². The zero-order chi connectivity index (χ0) is 20.6. The van der Waals surface area contributed by atoms with Gasteiger partial charge in [0.25, 0.3) is 5.91 Å². The number of dihydropyridines is 1. The monoisotopic (exact) mass is 478 g/mol. The molecule has 8 nitrogen and oxygen atoms in total. The first-order valence-electron chi connectivity index (χ1n) is 9.50. The Kier molecular flexibility index (Phi) is 5.50. The molecule has 1 atom stereocenters. The van der Waals surface area contributed by atoms with E-state index >= 15 is 0 Å². The number of hydrogen-bond acceptors (Lipinski definition) is 6. The molecule has 29 heavy (non-hydrogen) atoms. The molecule has 10 heteroatoms. The maximum absolute atomic E-state index is 12.8. The minimum atomic E-state index is -0.235. The maximum atomic E-state index is 12.8. The number of carbonyl (C=O) groups excluding carboxylic acids is 2. The molecule has 1 aliphatic heterocycles. The van der Waals surface area contributed by atoms with Crippen molar-refractivity contribution < 1.29 is 9.59 Å². The summed E-state index contributed by atoms with van der Waals surface area (Å²) in [6.45, 7) is 4.34. The van der Waals surface area contributed by atoms with E-state index in [4.69, 9.17) is 0 Å². The van der Waals surface area contributed by atoms with E-state index in [9.17, 15) is 9.59 Å². The third-order valence-electron chi connectivity index (χ3n) is 5.35. The Bertz CT molecular complexity index is 1020. The molecule has 2 aromatic heterocycles. The predicted molar refractivity (Wildman–Crippen MR) is 115 cm³/mol. The van der Waals surface area contributed by atoms with Gasteiger partial charge in [0.05, 0.1) is 40.0 Å². The molecule has 2 aliphatic rings. The topological polar surface area (TPSA) is 99.6 Å². The van der Waals surface area contributed by atoms with Crippen molar-refractivity contribution in [3.8, 4) is 0 Å². The van der Waals surface area contributed by atoms with Crippen molar-refractivity contribution >= 4 is 43.9 Å². The Morgan fingerprint density at radius 3 is 2.93 bits per heavy atom. The molecule has 0 aromatic carbocycles. The molecule has 0 bridgehead atoms. The van der Waals surface area contributed by atoms with Crippen LogP contribution in [-0.4, -0.2) is 39.6 Å². The van der Waals surface area contributed by atoms with Gasteiger partial charge < -0.3 is 21.3 Å². The molecule has 1 unspecified atom stereocenters. The summed E-state index contributed by atoms with van der Waals surface area (Å²) >= 11 is 4.86. The highest BCUT2D eigenvalue weighted by molar-refractivity contribution is 9.11. The highest BCUT2D eigenvalue weighted by Crippen LogP contribution is 2.30. The number of halogens is 1. The Balaban J connectivity index is 1.39. The molecule has 0 radical (unpaired) electrons. The number of carbonyl (C=O) groups is 2. The first-order valence-corrected chi connectivity index (χ1v) is 11.1. The van der Waals surface area contributed by atoms with E-state index in [2.05, 4.69) is 49.2 Å². The zero-order valence-corrected chi connectivity index (χ0v) is 18.6. The third kappa shape index (κ3) is 4.39. The van der Waals surface area contributed by atoms with E-state index in [0.717, 1.165) is 21.5 Å². The SMILES string of the molecule is CC1NC=C(NC(=O)CNC2(C)CCC2)C=C1NC(=O)c1cnn2cc(Br)sc12. The van der Waals surface area contributed by atoms with Crippen LogP contribution in [0.25, 0.3) is 4.83 Å². The summed E-state index contributed by atoms with van der Waals surface area (Å²) in [5, 5.41) is 16.5. The minimum Gasteiger partial charge on any atom is -0.381 e. The van der Waals surface area contributed by atoms with Crippen molar-refractivity contribution in [1.82, 2.24) is 30.9 Å². The Hall–Kier alpha value is -2.17. The first-order chi connectivity index (χ1) is 13.8. The number of allylic oxidation sites excluding steroid dienone is 1. The number of hydrogen-bond donors (Lipinski definition) is 4. The van der Waals surface area contributed by atoms with Crippen LogP contribution >= 0.6 is 27.3 Å². The van der Waals surface area contributed by atoms with Gasteiger partial charge in [-0.3, -0.25) is 9.59 Å². The molecule has 154 valence electrons. The zero-order valence-electron chi connectivity index (χ0n) is 16.2. The van der Waals surface area contributed by atoms with E-state index in [-0.39, 0.29) is 29.9 Å². The summed E-state index contributed by atoms with van der Waals surface area (Å²) in [6.07, 6.45) is 10.3. The number of aromatic nitrogens is 2. The van der Waals surface area contributed by atoms with Crippen LogP contribution in [0.5, 0.6) is 0 Å². The van der Waals surface area contributed by atoms with E-state index in [0.29, 0.717) is 17.0 Å². The number of rotatable bonds is 6. The summed E-state index contributed by atoms with van der Waals surface area (Å²) < 4.78 is 2.57. The average Bonchev–Trinajstić information content (AvgIpc) is 3.20. The van der Waals surface area contributed by atoms with Crippen LogP contribution < -0.4 is 21.3 Å². The van der Waals surface area contributed by atoms with Gasteiger partial charge in [-0.25, -0.2) is 4.52 Å². The van der Waals surface area contributed by atoms with Gasteiger partial charge in [0.1, 0.15) is 4.83 Å². The number of nitrogens with zero attached hydrogens (tertiary/aromatic N) is 2. The lowest BCUT2D eigenvalue weighted by Gasteiger charge is -2.39. The van der Waals surface area contributed by atoms with Gasteiger partial charge in [0.15, 0.2) is 0 Å². The van der Waals surface area contributed by atoms with Crippen LogP contribution in [0, 0.1) is 0 Å². The lowest BCUT2D eigenvalue weighted by atomic mass is 9.78. The van der Waals surface area contributed by atoms with Gasteiger partial charge in [-0.2, -0.15) is 5.10 Å². The summed E-state index contributed by atoms with van der Waals surface area (Å²) in [6, 6.07) is -0.0900. The van der Waals surface area contributed by atoms with Gasteiger partial charge in [-0.05, 0) is 55.1 Å². The standard InChI is InChI=1S/C19H23BrN6O2S/c1-11-14(25-17(28)13-8-23-26-10-15(20)29-18(13)26)6-12(7-21-11)24-16(27)9-22-19(2)4-3-5-19/h6-8,10-11,21-22H,3-5,9H2,1-2H3,(H,24,27)(H,25,28). The van der Waals surface area contributed by atoms with Gasteiger partial charge in [0, 0.05) is 17.4 Å². The number of thiazole rings is 1. The summed E-state index contributed by atoms with van der Waals surface area (Å²) in [5.74, 6) is -0.342. The van der Waals surface area contributed by atoms with Crippen LogP contribution in [0.1, 0.15) is 43.5 Å². The molecule has 2 aromatic rings. The molecular weight excluding hydrogens is 456 g/mol. The van der Waals surface area contributed by atoms with Crippen molar-refractivity contribution in [2.75, 3.05) is 6.54 Å². The predicted octanol–water partition coefficient (Wildman–Crippen LogP) is 2.25. The summed E-state index contributed by atoms with van der Waals surface area (Å²) in [5.41, 5.74) is 1.88. The largest absolute Gasteiger partial charge is 0.381 e.